The summed E-state index contributed by atoms with van der Waals surface area (Å²) in [7, 11) is -2.98. The van der Waals surface area contributed by atoms with Gasteiger partial charge in [-0.3, -0.25) is 4.18 Å². The van der Waals surface area contributed by atoms with Crippen LogP contribution in [0, 0.1) is 0 Å². The average Bonchev–Trinajstić information content (AvgIpc) is 2.16. The van der Waals surface area contributed by atoms with Crippen LogP contribution in [0.15, 0.2) is 12.2 Å². The number of hydrogen-bond acceptors (Lipinski definition) is 6. The molecule has 0 N–H and O–H groups in total. The predicted molar refractivity (Wildman–Crippen MR) is 61.5 cm³/mol. The Morgan fingerprint density at radius 2 is 1.94 bits per heavy atom. The van der Waals surface area contributed by atoms with Crippen LogP contribution in [0.5, 0.6) is 0 Å². The molecule has 0 aliphatic rings. The minimum atomic E-state index is -3.99. The van der Waals surface area contributed by atoms with Gasteiger partial charge in [-0.15, -0.1) is 0 Å². The fourth-order valence-electron chi connectivity index (χ4n) is 0.934. The Morgan fingerprint density at radius 3 is 2.41 bits per heavy atom. The molecule has 7 heteroatoms. The molecular formula is C10H18O6S. The lowest BCUT2D eigenvalue weighted by Gasteiger charge is -2.22. The largest absolute Gasteiger partial charge is 0.462 e. The highest BCUT2D eigenvalue weighted by atomic mass is 32.3. The number of carbonyl (C=O) groups is 1. The lowest BCUT2D eigenvalue weighted by Crippen LogP contribution is -2.30. The zero-order valence-electron chi connectivity index (χ0n) is 10.4. The van der Waals surface area contributed by atoms with E-state index in [9.17, 15) is 13.2 Å². The van der Waals surface area contributed by atoms with Gasteiger partial charge in [0.05, 0.1) is 19.3 Å². The Bertz CT molecular complexity index is 368. The van der Waals surface area contributed by atoms with Crippen LogP contribution in [0.4, 0.5) is 0 Å². The molecule has 0 aromatic carbocycles. The molecule has 0 aliphatic heterocycles. The van der Waals surface area contributed by atoms with Crippen molar-refractivity contribution in [1.82, 2.24) is 0 Å². The van der Waals surface area contributed by atoms with Gasteiger partial charge in [0.15, 0.2) is 0 Å². The van der Waals surface area contributed by atoms with Crippen molar-refractivity contribution in [3.63, 3.8) is 0 Å². The molecule has 0 aliphatic carbocycles. The quantitative estimate of drug-likeness (QED) is 0.508. The maximum atomic E-state index is 11.1. The van der Waals surface area contributed by atoms with Crippen molar-refractivity contribution < 1.29 is 26.3 Å². The monoisotopic (exact) mass is 266 g/mol. The Kier molecular flexibility index (Phi) is 6.36. The van der Waals surface area contributed by atoms with Crippen molar-refractivity contribution in [2.45, 2.75) is 32.8 Å². The summed E-state index contributed by atoms with van der Waals surface area (Å²) < 4.78 is 35.9. The topological polar surface area (TPSA) is 78.9 Å². The van der Waals surface area contributed by atoms with Crippen molar-refractivity contribution in [2.24, 2.45) is 0 Å². The molecule has 100 valence electrons. The van der Waals surface area contributed by atoms with Gasteiger partial charge in [-0.2, -0.15) is 8.42 Å². The number of esters is 1. The molecule has 0 atom stereocenters. The van der Waals surface area contributed by atoms with Crippen LogP contribution < -0.4 is 0 Å². The Hall–Kier alpha value is -0.920. The second-order valence-electron chi connectivity index (χ2n) is 3.84. The van der Waals surface area contributed by atoms with Crippen molar-refractivity contribution in [3.8, 4) is 0 Å². The molecular weight excluding hydrogens is 248 g/mol. The fourth-order valence-corrected chi connectivity index (χ4v) is 1.64. The molecule has 0 heterocycles. The van der Waals surface area contributed by atoms with Crippen LogP contribution in [-0.4, -0.2) is 33.7 Å². The normalized spacial score (nSPS) is 12.9. The molecule has 0 fully saturated rings. The molecule has 0 aromatic heterocycles. The van der Waals surface area contributed by atoms with E-state index in [1.54, 1.807) is 26.8 Å². The zero-order chi connectivity index (χ0) is 13.5. The van der Waals surface area contributed by atoms with Gasteiger partial charge >= 0.3 is 16.4 Å². The van der Waals surface area contributed by atoms with E-state index >= 15 is 0 Å². The number of hydrogen-bond donors (Lipinski definition) is 0. The average molecular weight is 266 g/mol. The van der Waals surface area contributed by atoms with Crippen LogP contribution in [-0.2, 0) is 28.3 Å². The molecule has 0 aromatic rings. The fraction of sp³-hybridized carbons (Fsp3) is 0.700. The van der Waals surface area contributed by atoms with Crippen LogP contribution >= 0.6 is 0 Å². The van der Waals surface area contributed by atoms with Crippen molar-refractivity contribution in [2.75, 3.05) is 13.7 Å². The van der Waals surface area contributed by atoms with Crippen LogP contribution in [0.3, 0.4) is 0 Å². The van der Waals surface area contributed by atoms with Gasteiger partial charge in [-0.25, -0.2) is 8.98 Å². The van der Waals surface area contributed by atoms with E-state index in [-0.39, 0.29) is 13.0 Å². The summed E-state index contributed by atoms with van der Waals surface area (Å²) in [4.78, 5) is 11.0. The van der Waals surface area contributed by atoms with E-state index in [2.05, 4.69) is 4.18 Å². The van der Waals surface area contributed by atoms with E-state index < -0.39 is 22.0 Å². The summed E-state index contributed by atoms with van der Waals surface area (Å²) in [5.74, 6) is -0.474. The molecule has 0 saturated heterocycles. The maximum absolute atomic E-state index is 11.1. The molecule has 6 nitrogen and oxygen atoms in total. The third kappa shape index (κ3) is 7.89. The Labute approximate surface area is 102 Å². The van der Waals surface area contributed by atoms with Gasteiger partial charge in [-0.05, 0) is 20.8 Å². The predicted octanol–water partition coefficient (Wildman–Crippen LogP) is 1.18. The number of allylic oxidation sites excluding steroid dienone is 1. The number of rotatable bonds is 7. The van der Waals surface area contributed by atoms with E-state index in [1.165, 1.54) is 6.08 Å². The second-order valence-corrected chi connectivity index (χ2v) is 5.15. The lowest BCUT2D eigenvalue weighted by molar-refractivity contribution is -0.138. The summed E-state index contributed by atoms with van der Waals surface area (Å²) >= 11 is 0. The standard InChI is InChI=1S/C10H18O6S/c1-5-6-9(11)15-8-7-10(2,3)16-17(12,13)14-4/h5-6H,7-8H2,1-4H3. The van der Waals surface area contributed by atoms with Gasteiger partial charge in [0, 0.05) is 12.5 Å². The molecule has 0 unspecified atom stereocenters. The first-order valence-corrected chi connectivity index (χ1v) is 6.36. The first kappa shape index (κ1) is 16.1. The Balaban J connectivity index is 4.15. The smallest absolute Gasteiger partial charge is 0.400 e. The summed E-state index contributed by atoms with van der Waals surface area (Å²) in [5.41, 5.74) is -0.995. The summed E-state index contributed by atoms with van der Waals surface area (Å²) in [6.07, 6.45) is 3.07. The van der Waals surface area contributed by atoms with E-state index in [0.29, 0.717) is 0 Å². The first-order valence-electron chi connectivity index (χ1n) is 5.03. The molecule has 0 bridgehead atoms. The highest BCUT2D eigenvalue weighted by molar-refractivity contribution is 7.81. The third-order valence-corrected chi connectivity index (χ3v) is 2.85. The van der Waals surface area contributed by atoms with E-state index in [0.717, 1.165) is 7.11 Å². The molecule has 0 amide bonds. The van der Waals surface area contributed by atoms with Gasteiger partial charge in [0.1, 0.15) is 0 Å². The zero-order valence-corrected chi connectivity index (χ0v) is 11.2. The highest BCUT2D eigenvalue weighted by Gasteiger charge is 2.26. The molecule has 0 radical (unpaired) electrons. The number of carbonyl (C=O) groups excluding carboxylic acids is 1. The Morgan fingerprint density at radius 1 is 1.35 bits per heavy atom. The molecule has 0 rings (SSSR count). The van der Waals surface area contributed by atoms with Crippen LogP contribution in [0.1, 0.15) is 27.2 Å². The van der Waals surface area contributed by atoms with Crippen molar-refractivity contribution in [1.29, 1.82) is 0 Å². The minimum Gasteiger partial charge on any atom is -0.462 e. The lowest BCUT2D eigenvalue weighted by atomic mass is 10.1. The van der Waals surface area contributed by atoms with Crippen molar-refractivity contribution >= 4 is 16.4 Å². The van der Waals surface area contributed by atoms with Crippen LogP contribution in [0.2, 0.25) is 0 Å². The summed E-state index contributed by atoms with van der Waals surface area (Å²) in [5, 5.41) is 0. The SMILES string of the molecule is CC=CC(=O)OCCC(C)(C)OS(=O)(=O)OC. The van der Waals surface area contributed by atoms with Gasteiger partial charge < -0.3 is 4.74 Å². The maximum Gasteiger partial charge on any atom is 0.400 e. The van der Waals surface area contributed by atoms with Crippen molar-refractivity contribution in [3.05, 3.63) is 12.2 Å². The first-order chi connectivity index (χ1) is 7.72. The molecule has 0 saturated carbocycles. The van der Waals surface area contributed by atoms with Gasteiger partial charge in [-0.1, -0.05) is 6.08 Å². The second kappa shape index (κ2) is 6.73. The van der Waals surface area contributed by atoms with Crippen LogP contribution in [0.25, 0.3) is 0 Å². The molecule has 0 spiro atoms. The molecule has 17 heavy (non-hydrogen) atoms. The highest BCUT2D eigenvalue weighted by Crippen LogP contribution is 2.18. The van der Waals surface area contributed by atoms with Gasteiger partial charge in [0.2, 0.25) is 0 Å². The minimum absolute atomic E-state index is 0.0649. The van der Waals surface area contributed by atoms with E-state index in [4.69, 9.17) is 8.92 Å². The third-order valence-electron chi connectivity index (χ3n) is 1.78. The van der Waals surface area contributed by atoms with Gasteiger partial charge in [0.25, 0.3) is 0 Å². The summed E-state index contributed by atoms with van der Waals surface area (Å²) in [6, 6.07) is 0. The number of ether oxygens (including phenoxy) is 1. The van der Waals surface area contributed by atoms with E-state index in [1.807, 2.05) is 0 Å². The summed E-state index contributed by atoms with van der Waals surface area (Å²) in [6.45, 7) is 4.88.